The van der Waals surface area contributed by atoms with Gasteiger partial charge in [-0.1, -0.05) is 27.7 Å². The Kier molecular flexibility index (Phi) is 5.44. The SMILES string of the molecule is CCC(CC)(NC(=O)[C@@H](N)C(C)C)C(=O)O. The largest absolute Gasteiger partial charge is 0.480 e. The van der Waals surface area contributed by atoms with Crippen LogP contribution in [0.4, 0.5) is 0 Å². The fourth-order valence-electron chi connectivity index (χ4n) is 1.40. The van der Waals surface area contributed by atoms with Crippen molar-refractivity contribution in [2.75, 3.05) is 0 Å². The molecular formula is C11H22N2O3. The number of hydrogen-bond donors (Lipinski definition) is 3. The summed E-state index contributed by atoms with van der Waals surface area (Å²) in [4.78, 5) is 22.9. The third-order valence-electron chi connectivity index (χ3n) is 3.00. The number of amides is 1. The first-order valence-electron chi connectivity index (χ1n) is 5.61. The lowest BCUT2D eigenvalue weighted by Gasteiger charge is -2.30. The van der Waals surface area contributed by atoms with Crippen LogP contribution in [-0.2, 0) is 9.59 Å². The molecule has 1 amide bonds. The summed E-state index contributed by atoms with van der Waals surface area (Å²) in [6.45, 7) is 7.12. The molecule has 0 aliphatic rings. The maximum absolute atomic E-state index is 11.7. The van der Waals surface area contributed by atoms with Crippen LogP contribution in [-0.4, -0.2) is 28.6 Å². The van der Waals surface area contributed by atoms with Gasteiger partial charge in [0.1, 0.15) is 5.54 Å². The summed E-state index contributed by atoms with van der Waals surface area (Å²) < 4.78 is 0. The molecular weight excluding hydrogens is 208 g/mol. The Labute approximate surface area is 96.4 Å². The van der Waals surface area contributed by atoms with E-state index in [-0.39, 0.29) is 5.92 Å². The Morgan fingerprint density at radius 1 is 1.31 bits per heavy atom. The highest BCUT2D eigenvalue weighted by Gasteiger charge is 2.37. The van der Waals surface area contributed by atoms with Crippen molar-refractivity contribution in [1.29, 1.82) is 0 Å². The van der Waals surface area contributed by atoms with E-state index in [0.29, 0.717) is 12.8 Å². The van der Waals surface area contributed by atoms with E-state index < -0.39 is 23.5 Å². The minimum Gasteiger partial charge on any atom is -0.480 e. The van der Waals surface area contributed by atoms with Crippen LogP contribution in [0.3, 0.4) is 0 Å². The Balaban J connectivity index is 4.77. The van der Waals surface area contributed by atoms with E-state index >= 15 is 0 Å². The van der Waals surface area contributed by atoms with Crippen LogP contribution in [0.2, 0.25) is 0 Å². The molecule has 94 valence electrons. The van der Waals surface area contributed by atoms with E-state index in [9.17, 15) is 9.59 Å². The zero-order valence-corrected chi connectivity index (χ0v) is 10.4. The van der Waals surface area contributed by atoms with Crippen LogP contribution in [0.25, 0.3) is 0 Å². The number of carboxylic acid groups (broad SMARTS) is 1. The third-order valence-corrected chi connectivity index (χ3v) is 3.00. The summed E-state index contributed by atoms with van der Waals surface area (Å²) in [5, 5.41) is 11.7. The van der Waals surface area contributed by atoms with E-state index in [1.54, 1.807) is 13.8 Å². The summed E-state index contributed by atoms with van der Waals surface area (Å²) in [5.41, 5.74) is 4.48. The van der Waals surface area contributed by atoms with E-state index in [1.165, 1.54) is 0 Å². The highest BCUT2D eigenvalue weighted by molar-refractivity contribution is 5.89. The van der Waals surface area contributed by atoms with Gasteiger partial charge in [0.15, 0.2) is 0 Å². The lowest BCUT2D eigenvalue weighted by molar-refractivity contribution is -0.148. The number of carboxylic acids is 1. The third kappa shape index (κ3) is 3.20. The molecule has 5 nitrogen and oxygen atoms in total. The summed E-state index contributed by atoms with van der Waals surface area (Å²) in [5.74, 6) is -1.43. The van der Waals surface area contributed by atoms with Crippen molar-refractivity contribution in [1.82, 2.24) is 5.32 Å². The van der Waals surface area contributed by atoms with Crippen molar-refractivity contribution in [3.63, 3.8) is 0 Å². The average Bonchev–Trinajstić information content (AvgIpc) is 2.23. The normalized spacial score (nSPS) is 13.6. The predicted octanol–water partition coefficient (Wildman–Crippen LogP) is 0.729. The van der Waals surface area contributed by atoms with Crippen LogP contribution in [0.5, 0.6) is 0 Å². The highest BCUT2D eigenvalue weighted by Crippen LogP contribution is 2.16. The van der Waals surface area contributed by atoms with Crippen LogP contribution in [0, 0.1) is 5.92 Å². The fraction of sp³-hybridized carbons (Fsp3) is 0.818. The number of carbonyl (C=O) groups is 2. The molecule has 0 saturated heterocycles. The molecule has 0 saturated carbocycles. The van der Waals surface area contributed by atoms with Gasteiger partial charge >= 0.3 is 5.97 Å². The van der Waals surface area contributed by atoms with Gasteiger partial charge in [-0.25, -0.2) is 4.79 Å². The summed E-state index contributed by atoms with van der Waals surface area (Å²) >= 11 is 0. The molecule has 0 spiro atoms. The second-order valence-corrected chi connectivity index (χ2v) is 4.35. The predicted molar refractivity (Wildman–Crippen MR) is 61.9 cm³/mol. The first-order chi connectivity index (χ1) is 7.30. The zero-order valence-electron chi connectivity index (χ0n) is 10.4. The molecule has 0 rings (SSSR count). The van der Waals surface area contributed by atoms with E-state index in [0.717, 1.165) is 0 Å². The average molecular weight is 230 g/mol. The maximum Gasteiger partial charge on any atom is 0.329 e. The van der Waals surface area contributed by atoms with Crippen LogP contribution in [0.15, 0.2) is 0 Å². The smallest absolute Gasteiger partial charge is 0.329 e. The maximum atomic E-state index is 11.7. The second-order valence-electron chi connectivity index (χ2n) is 4.35. The zero-order chi connectivity index (χ0) is 12.9. The Morgan fingerprint density at radius 2 is 1.75 bits per heavy atom. The molecule has 0 aliphatic carbocycles. The topological polar surface area (TPSA) is 92.4 Å². The van der Waals surface area contributed by atoms with E-state index in [2.05, 4.69) is 5.32 Å². The van der Waals surface area contributed by atoms with E-state index in [1.807, 2.05) is 13.8 Å². The summed E-state index contributed by atoms with van der Waals surface area (Å²) in [6.07, 6.45) is 0.685. The first-order valence-corrected chi connectivity index (χ1v) is 5.61. The summed E-state index contributed by atoms with van der Waals surface area (Å²) in [7, 11) is 0. The first kappa shape index (κ1) is 14.9. The molecule has 0 heterocycles. The molecule has 0 aromatic carbocycles. The summed E-state index contributed by atoms with van der Waals surface area (Å²) in [6, 6.07) is -0.670. The molecule has 0 unspecified atom stereocenters. The van der Waals surface area contributed by atoms with Crippen molar-refractivity contribution in [3.05, 3.63) is 0 Å². The molecule has 16 heavy (non-hydrogen) atoms. The lowest BCUT2D eigenvalue weighted by atomic mass is 9.91. The number of carbonyl (C=O) groups excluding carboxylic acids is 1. The van der Waals surface area contributed by atoms with Gasteiger partial charge in [-0.15, -0.1) is 0 Å². The van der Waals surface area contributed by atoms with Crippen molar-refractivity contribution in [2.24, 2.45) is 11.7 Å². The second kappa shape index (κ2) is 5.84. The van der Waals surface area contributed by atoms with Crippen LogP contribution >= 0.6 is 0 Å². The van der Waals surface area contributed by atoms with Crippen molar-refractivity contribution in [3.8, 4) is 0 Å². The van der Waals surface area contributed by atoms with Gasteiger partial charge in [0.05, 0.1) is 6.04 Å². The molecule has 0 fully saturated rings. The quantitative estimate of drug-likeness (QED) is 0.627. The number of hydrogen-bond acceptors (Lipinski definition) is 3. The van der Waals surface area contributed by atoms with Crippen molar-refractivity contribution >= 4 is 11.9 Å². The lowest BCUT2D eigenvalue weighted by Crippen LogP contribution is -2.58. The minimum atomic E-state index is -1.19. The Morgan fingerprint density at radius 3 is 2.00 bits per heavy atom. The van der Waals surface area contributed by atoms with Gasteiger partial charge in [0, 0.05) is 0 Å². The molecule has 0 bridgehead atoms. The number of nitrogens with two attached hydrogens (primary N) is 1. The van der Waals surface area contributed by atoms with Gasteiger partial charge in [-0.2, -0.15) is 0 Å². The fourth-order valence-corrected chi connectivity index (χ4v) is 1.40. The van der Waals surface area contributed by atoms with Crippen LogP contribution < -0.4 is 11.1 Å². The van der Waals surface area contributed by atoms with Gasteiger partial charge < -0.3 is 16.2 Å². The number of aliphatic carboxylic acids is 1. The Hall–Kier alpha value is -1.10. The Bertz CT molecular complexity index is 260. The molecule has 0 aromatic heterocycles. The van der Waals surface area contributed by atoms with Crippen molar-refractivity contribution < 1.29 is 14.7 Å². The van der Waals surface area contributed by atoms with Crippen molar-refractivity contribution in [2.45, 2.75) is 52.1 Å². The number of rotatable bonds is 6. The molecule has 4 N–H and O–H groups in total. The van der Waals surface area contributed by atoms with Gasteiger partial charge in [-0.3, -0.25) is 4.79 Å². The van der Waals surface area contributed by atoms with E-state index in [4.69, 9.17) is 10.8 Å². The molecule has 5 heteroatoms. The molecule has 0 aromatic rings. The standard InChI is InChI=1S/C11H22N2O3/c1-5-11(6-2,10(15)16)13-9(14)8(12)7(3)4/h7-8H,5-6,12H2,1-4H3,(H,13,14)(H,15,16)/t8-/m0/s1. The monoisotopic (exact) mass is 230 g/mol. The minimum absolute atomic E-state index is 0.0137. The number of nitrogens with one attached hydrogen (secondary N) is 1. The van der Waals surface area contributed by atoms with Gasteiger partial charge in [-0.05, 0) is 18.8 Å². The van der Waals surface area contributed by atoms with Crippen LogP contribution in [0.1, 0.15) is 40.5 Å². The molecule has 0 aliphatic heterocycles. The molecule has 1 atom stereocenters. The molecule has 0 radical (unpaired) electrons. The van der Waals surface area contributed by atoms with Gasteiger partial charge in [0.2, 0.25) is 5.91 Å². The van der Waals surface area contributed by atoms with Gasteiger partial charge in [0.25, 0.3) is 0 Å². The highest BCUT2D eigenvalue weighted by atomic mass is 16.4.